The molecule has 2 aromatic heterocycles. The number of nitrogens with zero attached hydrogens (tertiary/aromatic N) is 4. The first-order valence-corrected chi connectivity index (χ1v) is 8.00. The Balaban J connectivity index is 1.53. The molecule has 120 valence electrons. The van der Waals surface area contributed by atoms with Crippen molar-refractivity contribution in [3.05, 3.63) is 77.6 Å². The summed E-state index contributed by atoms with van der Waals surface area (Å²) in [7, 11) is 0. The highest BCUT2D eigenvalue weighted by Gasteiger charge is 2.19. The SMILES string of the molecule is Fc1cnccc1CN1CCc2nc(-c3ccccc3)ncc2C1. The highest BCUT2D eigenvalue weighted by molar-refractivity contribution is 5.54. The predicted octanol–water partition coefficient (Wildman–Crippen LogP) is 3.24. The zero-order chi connectivity index (χ0) is 16.4. The molecule has 3 aromatic rings. The van der Waals surface area contributed by atoms with E-state index in [1.807, 2.05) is 36.5 Å². The molecular formula is C19H17FN4. The minimum atomic E-state index is -0.251. The van der Waals surface area contributed by atoms with Crippen molar-refractivity contribution < 1.29 is 4.39 Å². The molecule has 1 aliphatic heterocycles. The fourth-order valence-electron chi connectivity index (χ4n) is 3.01. The van der Waals surface area contributed by atoms with E-state index >= 15 is 0 Å². The van der Waals surface area contributed by atoms with Crippen LogP contribution in [0.5, 0.6) is 0 Å². The van der Waals surface area contributed by atoms with Gasteiger partial charge in [-0.05, 0) is 6.07 Å². The fourth-order valence-corrected chi connectivity index (χ4v) is 3.01. The molecule has 4 rings (SSSR count). The maximum atomic E-state index is 13.8. The molecule has 0 fully saturated rings. The molecule has 5 heteroatoms. The van der Waals surface area contributed by atoms with Crippen molar-refractivity contribution >= 4 is 0 Å². The summed E-state index contributed by atoms with van der Waals surface area (Å²) < 4.78 is 13.8. The molecular weight excluding hydrogens is 303 g/mol. The van der Waals surface area contributed by atoms with E-state index in [0.717, 1.165) is 42.2 Å². The lowest BCUT2D eigenvalue weighted by Crippen LogP contribution is -2.31. The van der Waals surface area contributed by atoms with Crippen molar-refractivity contribution in [2.45, 2.75) is 19.5 Å². The molecule has 0 amide bonds. The molecule has 1 aromatic carbocycles. The number of benzene rings is 1. The summed E-state index contributed by atoms with van der Waals surface area (Å²) in [6.45, 7) is 2.18. The van der Waals surface area contributed by atoms with Gasteiger partial charge in [-0.2, -0.15) is 0 Å². The van der Waals surface area contributed by atoms with E-state index < -0.39 is 0 Å². The van der Waals surface area contributed by atoms with Gasteiger partial charge in [0.15, 0.2) is 5.82 Å². The lowest BCUT2D eigenvalue weighted by molar-refractivity contribution is 0.239. The van der Waals surface area contributed by atoms with Crippen LogP contribution in [0, 0.1) is 5.82 Å². The summed E-state index contributed by atoms with van der Waals surface area (Å²) in [4.78, 5) is 15.2. The highest BCUT2D eigenvalue weighted by atomic mass is 19.1. The summed E-state index contributed by atoms with van der Waals surface area (Å²) in [5.41, 5.74) is 3.92. The number of fused-ring (bicyclic) bond motifs is 1. The van der Waals surface area contributed by atoms with Crippen LogP contribution in [0.15, 0.2) is 55.0 Å². The highest BCUT2D eigenvalue weighted by Crippen LogP contribution is 2.22. The van der Waals surface area contributed by atoms with Crippen LogP contribution in [0.3, 0.4) is 0 Å². The van der Waals surface area contributed by atoms with Gasteiger partial charge in [0.1, 0.15) is 5.82 Å². The molecule has 0 N–H and O–H groups in total. The molecule has 3 heterocycles. The number of hydrogen-bond acceptors (Lipinski definition) is 4. The minimum absolute atomic E-state index is 0.251. The third kappa shape index (κ3) is 3.03. The largest absolute Gasteiger partial charge is 0.294 e. The Kier molecular flexibility index (Phi) is 4.01. The average Bonchev–Trinajstić information content (AvgIpc) is 2.64. The van der Waals surface area contributed by atoms with Crippen LogP contribution in [0.4, 0.5) is 4.39 Å². The molecule has 1 aliphatic rings. The van der Waals surface area contributed by atoms with E-state index in [4.69, 9.17) is 4.98 Å². The van der Waals surface area contributed by atoms with E-state index in [1.54, 1.807) is 12.3 Å². The average molecular weight is 320 g/mol. The molecule has 24 heavy (non-hydrogen) atoms. The van der Waals surface area contributed by atoms with Gasteiger partial charge in [0.2, 0.25) is 0 Å². The summed E-state index contributed by atoms with van der Waals surface area (Å²) in [5.74, 6) is 0.516. The van der Waals surface area contributed by atoms with Gasteiger partial charge in [0, 0.05) is 55.1 Å². The van der Waals surface area contributed by atoms with Gasteiger partial charge < -0.3 is 0 Å². The molecule has 0 aliphatic carbocycles. The van der Waals surface area contributed by atoms with Gasteiger partial charge in [-0.25, -0.2) is 14.4 Å². The van der Waals surface area contributed by atoms with Crippen LogP contribution in [0.1, 0.15) is 16.8 Å². The quantitative estimate of drug-likeness (QED) is 0.743. The Labute approximate surface area is 140 Å². The summed E-state index contributed by atoms with van der Waals surface area (Å²) in [5, 5.41) is 0. The number of halogens is 1. The van der Waals surface area contributed by atoms with Crippen molar-refractivity contribution in [1.29, 1.82) is 0 Å². The molecule has 0 unspecified atom stereocenters. The minimum Gasteiger partial charge on any atom is -0.294 e. The first-order valence-electron chi connectivity index (χ1n) is 8.00. The molecule has 0 radical (unpaired) electrons. The van der Waals surface area contributed by atoms with Crippen LogP contribution < -0.4 is 0 Å². The second-order valence-electron chi connectivity index (χ2n) is 5.96. The molecule has 0 bridgehead atoms. The topological polar surface area (TPSA) is 41.9 Å². The lowest BCUT2D eigenvalue weighted by atomic mass is 10.1. The standard InChI is InChI=1S/C19H17FN4/c20-17-11-21-8-6-15(17)12-24-9-7-18-16(13-24)10-22-19(23-18)14-4-2-1-3-5-14/h1-6,8,10-11H,7,9,12-13H2. The summed E-state index contributed by atoms with van der Waals surface area (Å²) in [6.07, 6.45) is 5.65. The zero-order valence-corrected chi connectivity index (χ0v) is 13.2. The van der Waals surface area contributed by atoms with Gasteiger partial charge in [-0.15, -0.1) is 0 Å². The Morgan fingerprint density at radius 2 is 1.96 bits per heavy atom. The zero-order valence-electron chi connectivity index (χ0n) is 13.2. The lowest BCUT2D eigenvalue weighted by Gasteiger charge is -2.28. The molecule has 0 saturated carbocycles. The number of pyridine rings is 1. The van der Waals surface area contributed by atoms with Crippen LogP contribution in [0.2, 0.25) is 0 Å². The van der Waals surface area contributed by atoms with Crippen molar-refractivity contribution in [1.82, 2.24) is 19.9 Å². The molecule has 0 saturated heterocycles. The van der Waals surface area contributed by atoms with Crippen molar-refractivity contribution in [3.63, 3.8) is 0 Å². The van der Waals surface area contributed by atoms with Crippen LogP contribution >= 0.6 is 0 Å². The first kappa shape index (κ1) is 14.9. The maximum absolute atomic E-state index is 13.8. The van der Waals surface area contributed by atoms with Crippen molar-refractivity contribution in [2.75, 3.05) is 6.54 Å². The smallest absolute Gasteiger partial charge is 0.159 e. The number of aromatic nitrogens is 3. The Morgan fingerprint density at radius 1 is 1.08 bits per heavy atom. The monoisotopic (exact) mass is 320 g/mol. The first-order chi connectivity index (χ1) is 11.8. The third-order valence-corrected chi connectivity index (χ3v) is 4.30. The van der Waals surface area contributed by atoms with Gasteiger partial charge in [-0.1, -0.05) is 30.3 Å². The van der Waals surface area contributed by atoms with Crippen molar-refractivity contribution in [2.24, 2.45) is 0 Å². The number of rotatable bonds is 3. The Bertz CT molecular complexity index is 851. The van der Waals surface area contributed by atoms with Gasteiger partial charge in [0.05, 0.1) is 11.9 Å². The second kappa shape index (κ2) is 6.45. The van der Waals surface area contributed by atoms with Gasteiger partial charge in [0.25, 0.3) is 0 Å². The Hall–Kier alpha value is -2.66. The number of hydrogen-bond donors (Lipinski definition) is 0. The normalized spacial score (nSPS) is 14.4. The van der Waals surface area contributed by atoms with Crippen molar-refractivity contribution in [3.8, 4) is 11.4 Å². The molecule has 0 atom stereocenters. The second-order valence-corrected chi connectivity index (χ2v) is 5.96. The van der Waals surface area contributed by atoms with Crippen LogP contribution in [0.25, 0.3) is 11.4 Å². The summed E-state index contributed by atoms with van der Waals surface area (Å²) in [6, 6.07) is 11.7. The fraction of sp³-hybridized carbons (Fsp3) is 0.211. The molecule has 4 nitrogen and oxygen atoms in total. The van der Waals surface area contributed by atoms with E-state index in [1.165, 1.54) is 6.20 Å². The van der Waals surface area contributed by atoms with E-state index in [-0.39, 0.29) is 5.82 Å². The van der Waals surface area contributed by atoms with E-state index in [9.17, 15) is 4.39 Å². The Morgan fingerprint density at radius 3 is 2.79 bits per heavy atom. The van der Waals surface area contributed by atoms with Gasteiger partial charge in [-0.3, -0.25) is 9.88 Å². The summed E-state index contributed by atoms with van der Waals surface area (Å²) >= 11 is 0. The molecule has 0 spiro atoms. The van der Waals surface area contributed by atoms with Gasteiger partial charge >= 0.3 is 0 Å². The maximum Gasteiger partial charge on any atom is 0.159 e. The van der Waals surface area contributed by atoms with Crippen LogP contribution in [-0.4, -0.2) is 26.4 Å². The third-order valence-electron chi connectivity index (χ3n) is 4.30. The van der Waals surface area contributed by atoms with E-state index in [0.29, 0.717) is 12.1 Å². The van der Waals surface area contributed by atoms with E-state index in [2.05, 4.69) is 14.9 Å². The predicted molar refractivity (Wildman–Crippen MR) is 89.5 cm³/mol. The van der Waals surface area contributed by atoms with Crippen LogP contribution in [-0.2, 0) is 19.5 Å².